The van der Waals surface area contributed by atoms with Crippen LogP contribution in [0.4, 0.5) is 0 Å². The van der Waals surface area contributed by atoms with Gasteiger partial charge in [-0.05, 0) is 55.2 Å². The van der Waals surface area contributed by atoms with Gasteiger partial charge in [0.2, 0.25) is 15.9 Å². The Balaban J connectivity index is 1.91. The molecule has 0 aliphatic carbocycles. The van der Waals surface area contributed by atoms with Gasteiger partial charge in [-0.2, -0.15) is 4.72 Å². The van der Waals surface area contributed by atoms with Crippen LogP contribution < -0.4 is 4.72 Å². The summed E-state index contributed by atoms with van der Waals surface area (Å²) in [6.45, 7) is 5.51. The average molecular weight is 518 g/mol. The van der Waals surface area contributed by atoms with Gasteiger partial charge in [0, 0.05) is 35.2 Å². The largest absolute Gasteiger partial charge is 0.361 e. The Kier molecular flexibility index (Phi) is 10.2. The number of aromatic amines is 1. The zero-order chi connectivity index (χ0) is 25.3. The topological polar surface area (TPSA) is 82.3 Å². The van der Waals surface area contributed by atoms with Crippen LogP contribution in [-0.2, 0) is 21.2 Å². The van der Waals surface area contributed by atoms with Crippen molar-refractivity contribution in [3.8, 4) is 0 Å². The van der Waals surface area contributed by atoms with Gasteiger partial charge in [0.1, 0.15) is 6.04 Å². The van der Waals surface area contributed by atoms with E-state index in [9.17, 15) is 13.2 Å². The monoisotopic (exact) mass is 517 g/mol. The van der Waals surface area contributed by atoms with E-state index in [-0.39, 0.29) is 17.2 Å². The van der Waals surface area contributed by atoms with Crippen molar-refractivity contribution in [1.29, 1.82) is 0 Å². The van der Waals surface area contributed by atoms with Gasteiger partial charge < -0.3 is 9.88 Å². The highest BCUT2D eigenvalue weighted by Crippen LogP contribution is 2.21. The highest BCUT2D eigenvalue weighted by atomic mass is 35.5. The Bertz CT molecular complexity index is 1180. The lowest BCUT2D eigenvalue weighted by atomic mass is 10.0. The molecule has 3 aromatic rings. The van der Waals surface area contributed by atoms with E-state index in [0.29, 0.717) is 18.1 Å². The van der Waals surface area contributed by atoms with Gasteiger partial charge in [0.05, 0.1) is 4.90 Å². The highest BCUT2D eigenvalue weighted by molar-refractivity contribution is 7.89. The number of hydrogen-bond acceptors (Lipinski definition) is 3. The number of H-pyrrole nitrogens is 1. The quantitative estimate of drug-likeness (QED) is 0.260. The van der Waals surface area contributed by atoms with Gasteiger partial charge in [-0.3, -0.25) is 4.79 Å². The van der Waals surface area contributed by atoms with E-state index in [2.05, 4.69) is 23.6 Å². The first-order valence-electron chi connectivity index (χ1n) is 12.5. The maximum Gasteiger partial charge on any atom is 0.241 e. The Hall–Kier alpha value is -2.35. The van der Waals surface area contributed by atoms with Crippen molar-refractivity contribution in [2.75, 3.05) is 13.1 Å². The molecule has 0 saturated heterocycles. The van der Waals surface area contributed by atoms with Crippen molar-refractivity contribution in [3.05, 3.63) is 65.3 Å². The summed E-state index contributed by atoms with van der Waals surface area (Å²) in [5, 5.41) is 1.44. The summed E-state index contributed by atoms with van der Waals surface area (Å²) in [5.41, 5.74) is 1.86. The fourth-order valence-corrected chi connectivity index (χ4v) is 5.54. The predicted octanol–water partition coefficient (Wildman–Crippen LogP) is 5.92. The molecule has 0 bridgehead atoms. The first-order valence-corrected chi connectivity index (χ1v) is 14.3. The van der Waals surface area contributed by atoms with Gasteiger partial charge in [0.25, 0.3) is 0 Å². The second kappa shape index (κ2) is 13.1. The molecule has 1 aromatic heterocycles. The number of halogens is 1. The van der Waals surface area contributed by atoms with Gasteiger partial charge in [-0.1, -0.05) is 69.3 Å². The molecule has 2 aromatic carbocycles. The molecule has 8 heteroatoms. The number of fused-ring (bicyclic) bond motifs is 1. The van der Waals surface area contributed by atoms with Crippen molar-refractivity contribution >= 4 is 38.4 Å². The Labute approximate surface area is 214 Å². The summed E-state index contributed by atoms with van der Waals surface area (Å²) in [5.74, 6) is -0.181. The summed E-state index contributed by atoms with van der Waals surface area (Å²) in [7, 11) is -3.93. The van der Waals surface area contributed by atoms with Crippen LogP contribution in [0.15, 0.2) is 59.6 Å². The number of nitrogens with zero attached hydrogens (tertiary/aromatic N) is 1. The molecule has 1 heterocycles. The van der Waals surface area contributed by atoms with Crippen LogP contribution in [0.1, 0.15) is 57.9 Å². The molecule has 190 valence electrons. The van der Waals surface area contributed by atoms with Crippen molar-refractivity contribution < 1.29 is 13.2 Å². The Morgan fingerprint density at radius 3 is 2.23 bits per heavy atom. The number of rotatable bonds is 14. The number of para-hydroxylation sites is 1. The summed E-state index contributed by atoms with van der Waals surface area (Å²) in [4.78, 5) is 19.0. The Morgan fingerprint density at radius 2 is 1.60 bits per heavy atom. The third-order valence-electron chi connectivity index (χ3n) is 6.19. The number of unbranched alkanes of at least 4 members (excludes halogenated alkanes) is 4. The van der Waals surface area contributed by atoms with Crippen molar-refractivity contribution in [1.82, 2.24) is 14.6 Å². The number of nitrogens with one attached hydrogen (secondary N) is 2. The summed E-state index contributed by atoms with van der Waals surface area (Å²) >= 11 is 5.95. The van der Waals surface area contributed by atoms with E-state index in [1.54, 1.807) is 0 Å². The molecule has 0 radical (unpaired) electrons. The van der Waals surface area contributed by atoms with Gasteiger partial charge in [-0.25, -0.2) is 8.42 Å². The average Bonchev–Trinajstić information content (AvgIpc) is 3.25. The van der Waals surface area contributed by atoms with Crippen LogP contribution in [0.25, 0.3) is 10.9 Å². The van der Waals surface area contributed by atoms with Crippen LogP contribution in [0, 0.1) is 0 Å². The molecule has 2 N–H and O–H groups in total. The first-order chi connectivity index (χ1) is 16.9. The van der Waals surface area contributed by atoms with E-state index in [1.165, 1.54) is 24.3 Å². The molecule has 0 fully saturated rings. The molecule has 1 unspecified atom stereocenters. The summed E-state index contributed by atoms with van der Waals surface area (Å²) < 4.78 is 29.2. The van der Waals surface area contributed by atoms with Crippen LogP contribution in [0.5, 0.6) is 0 Å². The maximum absolute atomic E-state index is 13.8. The number of aromatic nitrogens is 1. The first kappa shape index (κ1) is 27.2. The van der Waals surface area contributed by atoms with E-state index in [1.807, 2.05) is 35.4 Å². The van der Waals surface area contributed by atoms with Gasteiger partial charge in [-0.15, -0.1) is 0 Å². The smallest absolute Gasteiger partial charge is 0.241 e. The molecular weight excluding hydrogens is 482 g/mol. The number of benzene rings is 2. The lowest BCUT2D eigenvalue weighted by Gasteiger charge is -2.28. The minimum Gasteiger partial charge on any atom is -0.361 e. The fraction of sp³-hybridized carbons (Fsp3) is 0.444. The van der Waals surface area contributed by atoms with E-state index in [4.69, 9.17) is 11.6 Å². The molecular formula is C27H36ClN3O3S. The van der Waals surface area contributed by atoms with E-state index < -0.39 is 16.1 Å². The summed E-state index contributed by atoms with van der Waals surface area (Å²) in [6.07, 6.45) is 8.09. The molecule has 6 nitrogen and oxygen atoms in total. The maximum atomic E-state index is 13.8. The third kappa shape index (κ3) is 7.56. The predicted molar refractivity (Wildman–Crippen MR) is 143 cm³/mol. The lowest BCUT2D eigenvalue weighted by molar-refractivity contribution is -0.133. The zero-order valence-corrected chi connectivity index (χ0v) is 22.2. The fourth-order valence-electron chi connectivity index (χ4n) is 4.23. The minimum absolute atomic E-state index is 0.0853. The molecule has 0 spiro atoms. The summed E-state index contributed by atoms with van der Waals surface area (Å²) in [6, 6.07) is 12.9. The second-order valence-corrected chi connectivity index (χ2v) is 11.1. The zero-order valence-electron chi connectivity index (χ0n) is 20.6. The number of amides is 1. The molecule has 0 saturated carbocycles. The van der Waals surface area contributed by atoms with Crippen LogP contribution in [0.3, 0.4) is 0 Å². The van der Waals surface area contributed by atoms with E-state index >= 15 is 0 Å². The Morgan fingerprint density at radius 1 is 0.971 bits per heavy atom. The van der Waals surface area contributed by atoms with Crippen molar-refractivity contribution in [3.63, 3.8) is 0 Å². The molecule has 1 amide bonds. The SMILES string of the molecule is CCCCCN(CCCCC)C(=O)C(Cc1c[nH]c2ccccc12)NS(=O)(=O)c1ccc(Cl)cc1. The number of carbonyl (C=O) groups excluding carboxylic acids is 1. The van der Waals surface area contributed by atoms with Gasteiger partial charge >= 0.3 is 0 Å². The van der Waals surface area contributed by atoms with Crippen molar-refractivity contribution in [2.24, 2.45) is 0 Å². The number of carbonyl (C=O) groups is 1. The molecule has 0 aliphatic rings. The minimum atomic E-state index is -3.93. The number of hydrogen-bond donors (Lipinski definition) is 2. The molecule has 3 rings (SSSR count). The van der Waals surface area contributed by atoms with Crippen molar-refractivity contribution in [2.45, 2.75) is 69.7 Å². The van der Waals surface area contributed by atoms with E-state index in [0.717, 1.165) is 55.0 Å². The normalized spacial score (nSPS) is 12.7. The number of sulfonamides is 1. The van der Waals surface area contributed by atoms with Crippen LogP contribution >= 0.6 is 11.6 Å². The third-order valence-corrected chi connectivity index (χ3v) is 7.93. The van der Waals surface area contributed by atoms with Gasteiger partial charge in [0.15, 0.2) is 0 Å². The lowest BCUT2D eigenvalue weighted by Crippen LogP contribution is -2.50. The van der Waals surface area contributed by atoms with Crippen LogP contribution in [0.2, 0.25) is 5.02 Å². The highest BCUT2D eigenvalue weighted by Gasteiger charge is 2.30. The van der Waals surface area contributed by atoms with Crippen LogP contribution in [-0.4, -0.2) is 43.3 Å². The molecule has 1 atom stereocenters. The molecule has 35 heavy (non-hydrogen) atoms. The molecule has 0 aliphatic heterocycles. The standard InChI is InChI=1S/C27H36ClN3O3S/c1-3-5-9-17-31(18-10-6-4-2)27(32)26(19-21-20-29-25-12-8-7-11-24(21)25)30-35(33,34)23-15-13-22(28)14-16-23/h7-8,11-16,20,26,29-30H,3-6,9-10,17-19H2,1-2H3. The second-order valence-electron chi connectivity index (χ2n) is 8.93.